The monoisotopic (exact) mass is 344 g/mol. The van der Waals surface area contributed by atoms with Crippen LogP contribution in [0.1, 0.15) is 17.5 Å². The number of amides is 2. The summed E-state index contributed by atoms with van der Waals surface area (Å²) >= 11 is 5.89. The summed E-state index contributed by atoms with van der Waals surface area (Å²) in [5.41, 5.74) is -0.779. The summed E-state index contributed by atoms with van der Waals surface area (Å²) in [4.78, 5) is 47.3. The van der Waals surface area contributed by atoms with Crippen molar-refractivity contribution in [3.05, 3.63) is 35.9 Å². The molecule has 0 aromatic heterocycles. The Morgan fingerprint density at radius 2 is 1.87 bits per heavy atom. The highest BCUT2D eigenvalue weighted by molar-refractivity contribution is 6.20. The second-order valence-corrected chi connectivity index (χ2v) is 4.98. The number of hydrogen-bond acceptors (Lipinski definition) is 7. The van der Waals surface area contributed by atoms with Gasteiger partial charge in [-0.25, -0.2) is 9.59 Å². The minimum absolute atomic E-state index is 0.436. The van der Waals surface area contributed by atoms with E-state index in [1.54, 1.807) is 30.3 Å². The Kier molecular flexibility index (Phi) is 4.64. The number of benzene rings is 1. The molecule has 0 aliphatic carbocycles. The summed E-state index contributed by atoms with van der Waals surface area (Å²) in [6, 6.07) is 8.17. The van der Waals surface area contributed by atoms with E-state index in [9.17, 15) is 24.4 Å². The molecular formula is C13H11ClNO8+. The second-order valence-electron chi connectivity index (χ2n) is 4.59. The fourth-order valence-corrected chi connectivity index (χ4v) is 2.20. The predicted octanol–water partition coefficient (Wildman–Crippen LogP) is 1.36. The van der Waals surface area contributed by atoms with E-state index >= 15 is 0 Å². The maximum absolute atomic E-state index is 12.0. The van der Waals surface area contributed by atoms with Crippen molar-refractivity contribution in [2.75, 3.05) is 0 Å². The van der Waals surface area contributed by atoms with Crippen LogP contribution in [0.2, 0.25) is 0 Å². The zero-order valence-electron chi connectivity index (χ0n) is 11.4. The van der Waals surface area contributed by atoms with Gasteiger partial charge in [0, 0.05) is 5.56 Å². The third kappa shape index (κ3) is 3.31. The van der Waals surface area contributed by atoms with Crippen LogP contribution in [0.3, 0.4) is 0 Å². The quantitative estimate of drug-likeness (QED) is 0.209. The summed E-state index contributed by atoms with van der Waals surface area (Å²) < 4.78 is 4.87. The first kappa shape index (κ1) is 16.9. The van der Waals surface area contributed by atoms with Crippen LogP contribution in [0.25, 0.3) is 0 Å². The molecular weight excluding hydrogens is 334 g/mol. The average molecular weight is 345 g/mol. The molecule has 3 unspecified atom stereocenters. The normalized spacial score (nSPS) is 25.0. The van der Waals surface area contributed by atoms with Gasteiger partial charge in [0.15, 0.2) is 5.92 Å². The van der Waals surface area contributed by atoms with Gasteiger partial charge in [-0.1, -0.05) is 41.9 Å². The first-order valence-electron chi connectivity index (χ1n) is 6.27. The number of esters is 1. The molecule has 0 saturated carbocycles. The number of carboxylic acid groups (broad SMARTS) is 1. The standard InChI is InChI=1S/C13H10ClNO8/c14-10(7-4-2-1-3-5-7)22-12(18)8-6-9(16)15(21,11(8)17)23-13(19)20/h1-5,8,10,21H,6H2/p+1. The molecule has 1 aromatic rings. The fourth-order valence-electron chi connectivity index (χ4n) is 1.97. The van der Waals surface area contributed by atoms with Crippen LogP contribution >= 0.6 is 11.6 Å². The molecule has 1 aromatic carbocycles. The van der Waals surface area contributed by atoms with E-state index in [1.165, 1.54) is 0 Å². The lowest BCUT2D eigenvalue weighted by Gasteiger charge is -2.15. The molecule has 9 nitrogen and oxygen atoms in total. The smallest absolute Gasteiger partial charge is 0.446 e. The lowest BCUT2D eigenvalue weighted by Crippen LogP contribution is -2.51. The molecule has 3 atom stereocenters. The molecule has 1 saturated heterocycles. The summed E-state index contributed by atoms with van der Waals surface area (Å²) in [6.45, 7) is 0. The van der Waals surface area contributed by atoms with E-state index in [0.717, 1.165) is 0 Å². The molecule has 2 N–H and O–H groups in total. The lowest BCUT2D eigenvalue weighted by atomic mass is 10.1. The Morgan fingerprint density at radius 3 is 2.43 bits per heavy atom. The Hall–Kier alpha value is -2.49. The van der Waals surface area contributed by atoms with Crippen LogP contribution in [0.4, 0.5) is 4.79 Å². The van der Waals surface area contributed by atoms with E-state index in [2.05, 4.69) is 4.84 Å². The van der Waals surface area contributed by atoms with Gasteiger partial charge in [0.2, 0.25) is 5.56 Å². The number of hydroxylamine groups is 4. The van der Waals surface area contributed by atoms with Gasteiger partial charge in [-0.3, -0.25) is 4.79 Å². The van der Waals surface area contributed by atoms with E-state index < -0.39 is 46.7 Å². The van der Waals surface area contributed by atoms with E-state index in [4.69, 9.17) is 21.4 Å². The molecule has 0 bridgehead atoms. The van der Waals surface area contributed by atoms with Crippen LogP contribution in [-0.2, 0) is 24.0 Å². The van der Waals surface area contributed by atoms with E-state index in [-0.39, 0.29) is 0 Å². The summed E-state index contributed by atoms with van der Waals surface area (Å²) in [5, 5.41) is 18.1. The molecule has 23 heavy (non-hydrogen) atoms. The Morgan fingerprint density at radius 1 is 1.26 bits per heavy atom. The minimum Gasteiger partial charge on any atom is -0.446 e. The molecule has 1 heterocycles. The molecule has 0 radical (unpaired) electrons. The van der Waals surface area contributed by atoms with Gasteiger partial charge >= 0.3 is 23.9 Å². The molecule has 10 heteroatoms. The van der Waals surface area contributed by atoms with Crippen molar-refractivity contribution in [3.63, 3.8) is 0 Å². The largest absolute Gasteiger partial charge is 0.561 e. The zero-order valence-corrected chi connectivity index (χ0v) is 12.2. The van der Waals surface area contributed by atoms with Crippen molar-refractivity contribution in [2.45, 2.75) is 12.0 Å². The molecule has 0 spiro atoms. The zero-order chi connectivity index (χ0) is 17.2. The van der Waals surface area contributed by atoms with E-state index in [0.29, 0.717) is 5.56 Å². The molecule has 2 rings (SSSR count). The van der Waals surface area contributed by atoms with Gasteiger partial charge in [0.1, 0.15) is 4.81 Å². The number of imide groups is 1. The van der Waals surface area contributed by atoms with Crippen molar-refractivity contribution >= 4 is 35.5 Å². The van der Waals surface area contributed by atoms with Crippen LogP contribution < -0.4 is 0 Å². The third-order valence-corrected chi connectivity index (χ3v) is 3.43. The summed E-state index contributed by atoms with van der Waals surface area (Å²) in [6.07, 6.45) is -2.82. The molecule has 1 aliphatic heterocycles. The molecule has 122 valence electrons. The van der Waals surface area contributed by atoms with Gasteiger partial charge in [0.25, 0.3) is 0 Å². The highest BCUT2D eigenvalue weighted by Crippen LogP contribution is 2.30. The maximum atomic E-state index is 12.0. The van der Waals surface area contributed by atoms with Crippen LogP contribution in [-0.4, -0.2) is 39.1 Å². The highest BCUT2D eigenvalue weighted by atomic mass is 35.5. The fraction of sp³-hybridized carbons (Fsp3) is 0.231. The van der Waals surface area contributed by atoms with Crippen molar-refractivity contribution in [1.82, 2.24) is 0 Å². The number of carbonyl (C=O) groups excluding carboxylic acids is 3. The highest BCUT2D eigenvalue weighted by Gasteiger charge is 2.64. The molecule has 2 amide bonds. The van der Waals surface area contributed by atoms with Crippen molar-refractivity contribution in [2.24, 2.45) is 5.92 Å². The predicted molar refractivity (Wildman–Crippen MR) is 70.4 cm³/mol. The Balaban J connectivity index is 2.10. The van der Waals surface area contributed by atoms with Gasteiger partial charge in [-0.2, -0.15) is 14.8 Å². The van der Waals surface area contributed by atoms with Crippen LogP contribution in [0.5, 0.6) is 0 Å². The van der Waals surface area contributed by atoms with Crippen molar-refractivity contribution in [3.8, 4) is 0 Å². The first-order valence-corrected chi connectivity index (χ1v) is 6.71. The number of alkyl halides is 1. The number of halogens is 1. The summed E-state index contributed by atoms with van der Waals surface area (Å²) in [5.74, 6) is -5.64. The van der Waals surface area contributed by atoms with Crippen LogP contribution in [0, 0.1) is 5.92 Å². The Labute approximate surface area is 134 Å². The van der Waals surface area contributed by atoms with Gasteiger partial charge in [0.05, 0.1) is 6.42 Å². The van der Waals surface area contributed by atoms with Gasteiger partial charge < -0.3 is 9.84 Å². The molecule has 1 fully saturated rings. The Bertz CT molecular complexity index is 663. The maximum Gasteiger partial charge on any atom is 0.561 e. The topological polar surface area (TPSA) is 127 Å². The number of hydrogen-bond donors (Lipinski definition) is 2. The number of quaternary nitrogens is 1. The third-order valence-electron chi connectivity index (χ3n) is 3.09. The molecule has 1 aliphatic rings. The van der Waals surface area contributed by atoms with Gasteiger partial charge in [-0.05, 0) is 0 Å². The van der Waals surface area contributed by atoms with Crippen LogP contribution in [0.15, 0.2) is 30.3 Å². The minimum atomic E-state index is -2.45. The number of rotatable bonds is 4. The number of ether oxygens (including phenoxy) is 1. The van der Waals surface area contributed by atoms with Crippen molar-refractivity contribution < 1.29 is 43.9 Å². The number of nitrogens with zero attached hydrogens (tertiary/aromatic N) is 1. The summed E-state index contributed by atoms with van der Waals surface area (Å²) in [7, 11) is 0. The average Bonchev–Trinajstić information content (AvgIpc) is 2.71. The van der Waals surface area contributed by atoms with Gasteiger partial charge in [-0.15, -0.1) is 0 Å². The SMILES string of the molecule is O=C(O)O[N+]1(O)C(=O)CC(C(=O)OC(Cl)c2ccccc2)C1=O. The van der Waals surface area contributed by atoms with Crippen molar-refractivity contribution in [1.29, 1.82) is 0 Å². The van der Waals surface area contributed by atoms with E-state index in [1.807, 2.05) is 0 Å². The number of carbonyl (C=O) groups is 4. The first-order chi connectivity index (χ1) is 10.8. The lowest BCUT2D eigenvalue weighted by molar-refractivity contribution is -1.12. The second kappa shape index (κ2) is 6.32.